The van der Waals surface area contributed by atoms with Crippen LogP contribution in [0.25, 0.3) is 0 Å². The molecule has 1 atom stereocenters. The molecule has 0 aromatic heterocycles. The lowest BCUT2D eigenvalue weighted by molar-refractivity contribution is 0.0493. The van der Waals surface area contributed by atoms with Crippen LogP contribution >= 0.6 is 0 Å². The van der Waals surface area contributed by atoms with Gasteiger partial charge in [-0.05, 0) is 23.6 Å². The molecule has 0 amide bonds. The Morgan fingerprint density at radius 2 is 1.70 bits per heavy atom. The van der Waals surface area contributed by atoms with Crippen molar-refractivity contribution in [3.8, 4) is 17.2 Å². The fourth-order valence-corrected chi connectivity index (χ4v) is 2.17. The van der Waals surface area contributed by atoms with E-state index in [2.05, 4.69) is 45.0 Å². The molecule has 0 bridgehead atoms. The van der Waals surface area contributed by atoms with E-state index in [0.717, 1.165) is 11.3 Å². The minimum Gasteiger partial charge on any atom is -0.497 e. The number of ether oxygens (including phenoxy) is 2. The first-order valence-electron chi connectivity index (χ1n) is 7.09. The van der Waals surface area contributed by atoms with Gasteiger partial charge in [-0.15, -0.1) is 5.54 Å². The van der Waals surface area contributed by atoms with E-state index in [-0.39, 0.29) is 6.10 Å². The molecule has 0 saturated carbocycles. The molecule has 0 N–H and O–H groups in total. The SMILES string of the molecule is COc1ccc(CO[C@H](C#C[Si](C)(C)C)C(C)C)cc1. The third-order valence-corrected chi connectivity index (χ3v) is 3.68. The molecule has 1 aromatic rings. The minimum absolute atomic E-state index is 0.00354. The van der Waals surface area contributed by atoms with Gasteiger partial charge in [0.1, 0.15) is 19.9 Å². The van der Waals surface area contributed by atoms with E-state index < -0.39 is 8.07 Å². The molecule has 0 saturated heterocycles. The van der Waals surface area contributed by atoms with Crippen molar-refractivity contribution in [3.05, 3.63) is 29.8 Å². The van der Waals surface area contributed by atoms with E-state index in [1.807, 2.05) is 24.3 Å². The number of benzene rings is 1. The summed E-state index contributed by atoms with van der Waals surface area (Å²) in [7, 11) is 0.329. The highest BCUT2D eigenvalue weighted by atomic mass is 28.3. The lowest BCUT2D eigenvalue weighted by Gasteiger charge is -2.17. The fraction of sp³-hybridized carbons (Fsp3) is 0.529. The first-order chi connectivity index (χ1) is 9.31. The van der Waals surface area contributed by atoms with E-state index in [1.54, 1.807) is 7.11 Å². The highest BCUT2D eigenvalue weighted by molar-refractivity contribution is 6.83. The molecule has 0 fully saturated rings. The van der Waals surface area contributed by atoms with Gasteiger partial charge in [-0.2, -0.15) is 0 Å². The van der Waals surface area contributed by atoms with E-state index in [9.17, 15) is 0 Å². The average molecular weight is 290 g/mol. The molecule has 1 aromatic carbocycles. The summed E-state index contributed by atoms with van der Waals surface area (Å²) in [5.41, 5.74) is 4.55. The number of hydrogen-bond donors (Lipinski definition) is 0. The Morgan fingerprint density at radius 1 is 1.10 bits per heavy atom. The smallest absolute Gasteiger partial charge is 0.129 e. The normalized spacial score (nSPS) is 12.8. The van der Waals surface area contributed by atoms with E-state index >= 15 is 0 Å². The molecular weight excluding hydrogens is 264 g/mol. The molecule has 110 valence electrons. The van der Waals surface area contributed by atoms with Gasteiger partial charge in [-0.3, -0.25) is 0 Å². The van der Waals surface area contributed by atoms with Crippen LogP contribution in [0.1, 0.15) is 19.4 Å². The largest absolute Gasteiger partial charge is 0.497 e. The Hall–Kier alpha value is -1.24. The van der Waals surface area contributed by atoms with Crippen molar-refractivity contribution < 1.29 is 9.47 Å². The van der Waals surface area contributed by atoms with Crippen LogP contribution in [0.15, 0.2) is 24.3 Å². The molecular formula is C17H26O2Si. The summed E-state index contributed by atoms with van der Waals surface area (Å²) in [6, 6.07) is 7.97. The predicted octanol–water partition coefficient (Wildman–Crippen LogP) is 4.12. The monoisotopic (exact) mass is 290 g/mol. The number of hydrogen-bond acceptors (Lipinski definition) is 2. The van der Waals surface area contributed by atoms with Crippen molar-refractivity contribution in [1.29, 1.82) is 0 Å². The Morgan fingerprint density at radius 3 is 2.15 bits per heavy atom. The van der Waals surface area contributed by atoms with Crippen LogP contribution in [0.2, 0.25) is 19.6 Å². The van der Waals surface area contributed by atoms with Crippen LogP contribution in [0.3, 0.4) is 0 Å². The molecule has 0 radical (unpaired) electrons. The second kappa shape index (κ2) is 7.52. The maximum Gasteiger partial charge on any atom is 0.129 e. The third-order valence-electron chi connectivity index (χ3n) is 2.78. The van der Waals surface area contributed by atoms with Gasteiger partial charge in [-0.1, -0.05) is 51.5 Å². The van der Waals surface area contributed by atoms with Crippen molar-refractivity contribution >= 4 is 8.07 Å². The molecule has 20 heavy (non-hydrogen) atoms. The lowest BCUT2D eigenvalue weighted by Crippen LogP contribution is -2.21. The van der Waals surface area contributed by atoms with Crippen LogP contribution < -0.4 is 4.74 Å². The van der Waals surface area contributed by atoms with Crippen molar-refractivity contribution in [2.75, 3.05) is 7.11 Å². The van der Waals surface area contributed by atoms with Gasteiger partial charge in [-0.25, -0.2) is 0 Å². The second-order valence-electron chi connectivity index (χ2n) is 6.34. The Labute approximate surface area is 124 Å². The Balaban J connectivity index is 2.64. The van der Waals surface area contributed by atoms with Crippen molar-refractivity contribution in [3.63, 3.8) is 0 Å². The quantitative estimate of drug-likeness (QED) is 0.600. The zero-order chi connectivity index (χ0) is 15.2. The molecule has 3 heteroatoms. The zero-order valence-electron chi connectivity index (χ0n) is 13.5. The van der Waals surface area contributed by atoms with E-state index in [1.165, 1.54) is 0 Å². The minimum atomic E-state index is -1.34. The number of rotatable bonds is 5. The summed E-state index contributed by atoms with van der Waals surface area (Å²) >= 11 is 0. The van der Waals surface area contributed by atoms with E-state index in [0.29, 0.717) is 12.5 Å². The summed E-state index contributed by atoms with van der Waals surface area (Å²) in [6.07, 6.45) is 0.00354. The standard InChI is InChI=1S/C17H26O2Si/c1-14(2)17(11-12-20(4,5)6)19-13-15-7-9-16(18-3)10-8-15/h7-10,14,17H,13H2,1-6H3/t17-/m1/s1. The molecule has 0 aliphatic carbocycles. The summed E-state index contributed by atoms with van der Waals surface area (Å²) in [5, 5.41) is 0. The van der Waals surface area contributed by atoms with Crippen LogP contribution in [-0.4, -0.2) is 21.3 Å². The maximum atomic E-state index is 5.97. The summed E-state index contributed by atoms with van der Waals surface area (Å²) in [6.45, 7) is 11.6. The van der Waals surface area contributed by atoms with Gasteiger partial charge in [0.25, 0.3) is 0 Å². The Kier molecular flexibility index (Phi) is 6.32. The second-order valence-corrected chi connectivity index (χ2v) is 11.1. The van der Waals surface area contributed by atoms with E-state index in [4.69, 9.17) is 9.47 Å². The summed E-state index contributed by atoms with van der Waals surface area (Å²) in [4.78, 5) is 0. The van der Waals surface area contributed by atoms with Crippen molar-refractivity contribution in [2.45, 2.75) is 46.2 Å². The lowest BCUT2D eigenvalue weighted by atomic mass is 10.1. The fourth-order valence-electron chi connectivity index (χ4n) is 1.60. The van der Waals surface area contributed by atoms with Crippen molar-refractivity contribution in [1.82, 2.24) is 0 Å². The highest BCUT2D eigenvalue weighted by Crippen LogP contribution is 2.14. The topological polar surface area (TPSA) is 18.5 Å². The molecule has 0 spiro atoms. The zero-order valence-corrected chi connectivity index (χ0v) is 14.5. The van der Waals surface area contributed by atoms with Gasteiger partial charge >= 0.3 is 0 Å². The molecule has 2 nitrogen and oxygen atoms in total. The molecule has 0 aliphatic rings. The van der Waals surface area contributed by atoms with Crippen LogP contribution in [-0.2, 0) is 11.3 Å². The van der Waals surface area contributed by atoms with Crippen molar-refractivity contribution in [2.24, 2.45) is 5.92 Å². The third kappa shape index (κ3) is 6.27. The molecule has 1 rings (SSSR count). The molecule has 0 unspecified atom stereocenters. The van der Waals surface area contributed by atoms with Gasteiger partial charge in [0.15, 0.2) is 0 Å². The van der Waals surface area contributed by atoms with Crippen LogP contribution in [0, 0.1) is 17.4 Å². The van der Waals surface area contributed by atoms with Gasteiger partial charge < -0.3 is 9.47 Å². The first kappa shape index (κ1) is 16.8. The summed E-state index contributed by atoms with van der Waals surface area (Å²) in [5.74, 6) is 4.59. The van der Waals surface area contributed by atoms with Gasteiger partial charge in [0, 0.05) is 0 Å². The van der Waals surface area contributed by atoms with Gasteiger partial charge in [0.05, 0.1) is 13.7 Å². The summed E-state index contributed by atoms with van der Waals surface area (Å²) < 4.78 is 11.1. The maximum absolute atomic E-state index is 5.97. The average Bonchev–Trinajstić information content (AvgIpc) is 2.37. The van der Waals surface area contributed by atoms with Crippen LogP contribution in [0.5, 0.6) is 5.75 Å². The number of methoxy groups -OCH3 is 1. The van der Waals surface area contributed by atoms with Gasteiger partial charge in [0.2, 0.25) is 0 Å². The molecule has 0 aliphatic heterocycles. The predicted molar refractivity (Wildman–Crippen MR) is 87.5 cm³/mol. The van der Waals surface area contributed by atoms with Crippen LogP contribution in [0.4, 0.5) is 0 Å². The first-order valence-corrected chi connectivity index (χ1v) is 10.6. The highest BCUT2D eigenvalue weighted by Gasteiger charge is 2.13. The Bertz CT molecular complexity index is 460. The molecule has 0 heterocycles.